The standard InChI is InChI=1S/C39H35N4O.Pt/c1-38(2,3)28-15-16-35(44)32(23-28)37-42-36-31(13-10-14-34(36)43(37)30-11-8-7-9-12-30)26-20-27(22-29(21-26)39(4,5)6)33-19-25(24-40)17-18-41-33;/h7-19,21-23,44H,1-6H3;/q-1;. The van der Waals surface area contributed by atoms with E-state index in [1.807, 2.05) is 36.4 Å². The van der Waals surface area contributed by atoms with Crippen LogP contribution < -0.4 is 0 Å². The van der Waals surface area contributed by atoms with Gasteiger partial charge >= 0.3 is 0 Å². The first-order chi connectivity index (χ1) is 20.9. The third-order valence-corrected chi connectivity index (χ3v) is 7.99. The molecule has 0 radical (unpaired) electrons. The van der Waals surface area contributed by atoms with Crippen molar-refractivity contribution in [3.05, 3.63) is 120 Å². The maximum Gasteiger partial charge on any atom is 0.148 e. The zero-order valence-electron chi connectivity index (χ0n) is 26.3. The van der Waals surface area contributed by atoms with Gasteiger partial charge < -0.3 is 5.11 Å². The quantitative estimate of drug-likeness (QED) is 0.182. The van der Waals surface area contributed by atoms with E-state index >= 15 is 0 Å². The molecule has 0 aliphatic heterocycles. The molecule has 0 spiro atoms. The second kappa shape index (κ2) is 12.1. The first kappa shape index (κ1) is 31.9. The summed E-state index contributed by atoms with van der Waals surface area (Å²) < 4.78 is 2.12. The molecule has 4 aromatic carbocycles. The average molecular weight is 771 g/mol. The van der Waals surface area contributed by atoms with Crippen molar-refractivity contribution in [1.82, 2.24) is 14.5 Å². The zero-order chi connectivity index (χ0) is 31.2. The van der Waals surface area contributed by atoms with Crippen molar-refractivity contribution in [2.24, 2.45) is 0 Å². The first-order valence-corrected chi connectivity index (χ1v) is 14.8. The van der Waals surface area contributed by atoms with E-state index in [-0.39, 0.29) is 37.6 Å². The van der Waals surface area contributed by atoms with E-state index in [4.69, 9.17) is 4.98 Å². The summed E-state index contributed by atoms with van der Waals surface area (Å²) in [5.74, 6) is 0.844. The van der Waals surface area contributed by atoms with E-state index in [0.29, 0.717) is 22.6 Å². The van der Waals surface area contributed by atoms with E-state index in [2.05, 4.69) is 99.6 Å². The number of nitriles is 1. The largest absolute Gasteiger partial charge is 0.507 e. The van der Waals surface area contributed by atoms with Crippen LogP contribution in [0.4, 0.5) is 0 Å². The van der Waals surface area contributed by atoms with Gasteiger partial charge in [-0.3, -0.25) is 9.55 Å². The molecule has 0 fully saturated rings. The fraction of sp³-hybridized carbons (Fsp3) is 0.205. The monoisotopic (exact) mass is 770 g/mol. The Bertz CT molecular complexity index is 2060. The number of hydrogen-bond donors (Lipinski definition) is 1. The van der Waals surface area contributed by atoms with Gasteiger partial charge in [0.1, 0.15) is 11.6 Å². The minimum absolute atomic E-state index is 0. The Hall–Kier alpha value is -4.52. The van der Waals surface area contributed by atoms with Gasteiger partial charge in [0.2, 0.25) is 0 Å². The Balaban J connectivity index is 0.00000400. The fourth-order valence-corrected chi connectivity index (χ4v) is 5.45. The van der Waals surface area contributed by atoms with E-state index in [1.54, 1.807) is 24.4 Å². The number of nitrogens with zero attached hydrogens (tertiary/aromatic N) is 4. The second-order valence-corrected chi connectivity index (χ2v) is 13.2. The van der Waals surface area contributed by atoms with E-state index < -0.39 is 0 Å². The summed E-state index contributed by atoms with van der Waals surface area (Å²) in [4.78, 5) is 9.85. The second-order valence-electron chi connectivity index (χ2n) is 13.2. The smallest absolute Gasteiger partial charge is 0.148 e. The summed E-state index contributed by atoms with van der Waals surface area (Å²) in [6.07, 6.45) is 1.66. The Labute approximate surface area is 279 Å². The molecule has 5 nitrogen and oxygen atoms in total. The van der Waals surface area contributed by atoms with Gasteiger partial charge in [0.15, 0.2) is 0 Å². The van der Waals surface area contributed by atoms with Crippen LogP contribution in [-0.2, 0) is 31.9 Å². The number of phenols is 1. The molecule has 6 heteroatoms. The Kier molecular flexibility index (Phi) is 8.58. The molecule has 0 bridgehead atoms. The number of para-hydroxylation sites is 2. The number of phenolic OH excluding ortho intramolecular Hbond substituents is 1. The number of fused-ring (bicyclic) bond motifs is 1. The summed E-state index contributed by atoms with van der Waals surface area (Å²) in [5, 5.41) is 20.7. The minimum atomic E-state index is -0.146. The summed E-state index contributed by atoms with van der Waals surface area (Å²) in [6, 6.07) is 35.7. The molecule has 228 valence electrons. The molecule has 0 aliphatic carbocycles. The molecule has 2 heterocycles. The van der Waals surface area contributed by atoms with Gasteiger partial charge in [-0.05, 0) is 52.8 Å². The minimum Gasteiger partial charge on any atom is -0.507 e. The van der Waals surface area contributed by atoms with Crippen molar-refractivity contribution in [3.63, 3.8) is 0 Å². The van der Waals surface area contributed by atoms with Crippen LogP contribution in [0.3, 0.4) is 0 Å². The number of hydrogen-bond acceptors (Lipinski definition) is 4. The zero-order valence-corrected chi connectivity index (χ0v) is 28.6. The predicted molar refractivity (Wildman–Crippen MR) is 178 cm³/mol. The van der Waals surface area contributed by atoms with E-state index in [0.717, 1.165) is 44.5 Å². The number of aromatic nitrogens is 3. The van der Waals surface area contributed by atoms with Crippen molar-refractivity contribution in [3.8, 4) is 51.3 Å². The van der Waals surface area contributed by atoms with Crippen LogP contribution >= 0.6 is 0 Å². The van der Waals surface area contributed by atoms with E-state index in [1.165, 1.54) is 0 Å². The molecule has 6 rings (SSSR count). The molecule has 0 saturated heterocycles. The fourth-order valence-electron chi connectivity index (χ4n) is 5.45. The van der Waals surface area contributed by atoms with Crippen LogP contribution in [0.5, 0.6) is 5.75 Å². The van der Waals surface area contributed by atoms with Crippen LogP contribution in [0.2, 0.25) is 0 Å². The molecular formula is C39H35N4OPt-. The van der Waals surface area contributed by atoms with Crippen molar-refractivity contribution in [2.75, 3.05) is 0 Å². The Morgan fingerprint density at radius 1 is 0.756 bits per heavy atom. The maximum absolute atomic E-state index is 11.2. The predicted octanol–water partition coefficient (Wildman–Crippen LogP) is 9.39. The molecule has 0 atom stereocenters. The van der Waals surface area contributed by atoms with Crippen LogP contribution in [0, 0.1) is 17.4 Å². The maximum atomic E-state index is 11.2. The number of imidazole rings is 1. The van der Waals surface area contributed by atoms with Crippen LogP contribution in [0.15, 0.2) is 97.2 Å². The number of pyridine rings is 1. The van der Waals surface area contributed by atoms with E-state index in [9.17, 15) is 10.4 Å². The van der Waals surface area contributed by atoms with Gasteiger partial charge in [-0.2, -0.15) is 5.26 Å². The SMILES string of the molecule is CC(C)(C)c1cc(-c2cc(C#N)ccn2)[c-]c(-c2cccc3c2nc(-c2cc(C(C)(C)C)ccc2O)n3-c2ccccc2)c1.[Pt]. The number of rotatable bonds is 4. The molecule has 1 N–H and O–H groups in total. The summed E-state index contributed by atoms with van der Waals surface area (Å²) in [6.45, 7) is 13.0. The van der Waals surface area contributed by atoms with Gasteiger partial charge in [0.25, 0.3) is 0 Å². The van der Waals surface area contributed by atoms with Gasteiger partial charge in [-0.1, -0.05) is 95.1 Å². The van der Waals surface area contributed by atoms with Gasteiger partial charge in [0.05, 0.1) is 22.7 Å². The average Bonchev–Trinajstić information content (AvgIpc) is 3.40. The third kappa shape index (κ3) is 6.21. The van der Waals surface area contributed by atoms with Gasteiger partial charge in [-0.15, -0.1) is 29.3 Å². The van der Waals surface area contributed by atoms with Crippen molar-refractivity contribution in [1.29, 1.82) is 5.26 Å². The van der Waals surface area contributed by atoms with Crippen molar-refractivity contribution < 1.29 is 26.2 Å². The van der Waals surface area contributed by atoms with Crippen molar-refractivity contribution >= 4 is 11.0 Å². The Morgan fingerprint density at radius 3 is 2.16 bits per heavy atom. The number of aromatic hydroxyl groups is 1. The van der Waals surface area contributed by atoms with Gasteiger partial charge in [0, 0.05) is 44.2 Å². The summed E-state index contributed by atoms with van der Waals surface area (Å²) in [7, 11) is 0. The first-order valence-electron chi connectivity index (χ1n) is 14.8. The summed E-state index contributed by atoms with van der Waals surface area (Å²) in [5.41, 5.74) is 9.22. The normalized spacial score (nSPS) is 11.7. The van der Waals surface area contributed by atoms with Gasteiger partial charge in [-0.25, -0.2) is 4.98 Å². The molecule has 2 aromatic heterocycles. The van der Waals surface area contributed by atoms with Crippen LogP contribution in [0.1, 0.15) is 58.2 Å². The molecule has 0 saturated carbocycles. The summed E-state index contributed by atoms with van der Waals surface area (Å²) >= 11 is 0. The number of benzene rings is 4. The molecular weight excluding hydrogens is 736 g/mol. The molecule has 6 aromatic rings. The van der Waals surface area contributed by atoms with Crippen LogP contribution in [-0.4, -0.2) is 19.6 Å². The molecule has 45 heavy (non-hydrogen) atoms. The molecule has 0 amide bonds. The molecule has 0 aliphatic rings. The third-order valence-electron chi connectivity index (χ3n) is 7.99. The van der Waals surface area contributed by atoms with Crippen molar-refractivity contribution in [2.45, 2.75) is 52.4 Å². The topological polar surface area (TPSA) is 74.7 Å². The molecule has 0 unspecified atom stereocenters. The van der Waals surface area contributed by atoms with Crippen LogP contribution in [0.25, 0.3) is 50.5 Å². The Morgan fingerprint density at radius 2 is 1.47 bits per heavy atom.